The second-order valence-electron chi connectivity index (χ2n) is 8.67. The van der Waals surface area contributed by atoms with E-state index in [9.17, 15) is 8.42 Å². The fourth-order valence-corrected chi connectivity index (χ4v) is 6.02. The van der Waals surface area contributed by atoms with Crippen LogP contribution in [0.3, 0.4) is 0 Å². The van der Waals surface area contributed by atoms with Crippen molar-refractivity contribution in [3.05, 3.63) is 103 Å². The number of rotatable bonds is 8. The highest BCUT2D eigenvalue weighted by molar-refractivity contribution is 7.92. The van der Waals surface area contributed by atoms with Crippen molar-refractivity contribution in [1.82, 2.24) is 4.31 Å². The van der Waals surface area contributed by atoms with Crippen molar-refractivity contribution < 1.29 is 22.6 Å². The van der Waals surface area contributed by atoms with Gasteiger partial charge in [-0.15, -0.1) is 0 Å². The number of hydrogen-bond donors (Lipinski definition) is 0. The summed E-state index contributed by atoms with van der Waals surface area (Å²) in [6.45, 7) is 0. The summed E-state index contributed by atoms with van der Waals surface area (Å²) in [6, 6.07) is 29.1. The van der Waals surface area contributed by atoms with Crippen molar-refractivity contribution >= 4 is 56.1 Å². The molecule has 0 radical (unpaired) electrons. The van der Waals surface area contributed by atoms with E-state index in [1.54, 1.807) is 117 Å². The Morgan fingerprint density at radius 3 is 1.51 bits per heavy atom. The maximum atomic E-state index is 14.1. The smallest absolute Gasteiger partial charge is 0.271 e. The Hall–Kier alpha value is -4.74. The van der Waals surface area contributed by atoms with Crippen molar-refractivity contribution in [2.75, 3.05) is 26.2 Å². The zero-order valence-corrected chi connectivity index (χ0v) is 24.1. The first-order valence-electron chi connectivity index (χ1n) is 12.4. The van der Waals surface area contributed by atoms with Crippen LogP contribution in [0.5, 0.6) is 17.2 Å². The van der Waals surface area contributed by atoms with Crippen LogP contribution < -0.4 is 19.1 Å². The highest BCUT2D eigenvalue weighted by atomic mass is 32.2. The Balaban J connectivity index is 1.76. The summed E-state index contributed by atoms with van der Waals surface area (Å²) in [4.78, 5) is 11.3. The quantitative estimate of drug-likeness (QED) is 0.235. The van der Waals surface area contributed by atoms with Gasteiger partial charge in [0.2, 0.25) is 5.11 Å². The molecule has 11 heteroatoms. The first-order valence-corrected chi connectivity index (χ1v) is 14.2. The van der Waals surface area contributed by atoms with E-state index < -0.39 is 10.0 Å². The largest absolute Gasteiger partial charge is 0.497 e. The van der Waals surface area contributed by atoms with E-state index in [2.05, 4.69) is 0 Å². The molecule has 0 bridgehead atoms. The van der Waals surface area contributed by atoms with Crippen LogP contribution in [0.25, 0.3) is 0 Å². The number of hydrogen-bond acceptors (Lipinski definition) is 8. The first-order chi connectivity index (χ1) is 19.8. The van der Waals surface area contributed by atoms with Crippen LogP contribution in [-0.2, 0) is 10.0 Å². The van der Waals surface area contributed by atoms with E-state index in [0.29, 0.717) is 34.3 Å². The summed E-state index contributed by atoms with van der Waals surface area (Å²) in [6.07, 6.45) is 0. The van der Waals surface area contributed by atoms with Gasteiger partial charge in [-0.25, -0.2) is 18.4 Å². The topological polar surface area (TPSA) is 93.0 Å². The molecule has 1 heterocycles. The number of sulfonamides is 1. The molecule has 0 aliphatic carbocycles. The standard InChI is InChI=1S/C30H26N4O5S2/c1-37-24-15-9-21(10-16-24)31-28-29(32-22-11-17-25(38-2)18-12-22)34(41(35,36)27-7-5-4-6-8-27)30(40)33(28)23-13-19-26(39-3)20-14-23/h4-20H,1-3H3. The molecule has 0 unspecified atom stereocenters. The molecule has 9 nitrogen and oxygen atoms in total. The number of amidine groups is 2. The molecular weight excluding hydrogens is 560 g/mol. The van der Waals surface area contributed by atoms with Gasteiger partial charge in [0.15, 0.2) is 11.7 Å². The van der Waals surface area contributed by atoms with Crippen LogP contribution in [-0.4, -0.2) is 50.8 Å². The molecule has 0 amide bonds. The monoisotopic (exact) mass is 586 g/mol. The lowest BCUT2D eigenvalue weighted by molar-refractivity contribution is 0.414. The lowest BCUT2D eigenvalue weighted by atomic mass is 10.2. The summed E-state index contributed by atoms with van der Waals surface area (Å²) in [5, 5.41) is -0.0291. The fraction of sp³-hybridized carbons (Fsp3) is 0.100. The maximum absolute atomic E-state index is 14.1. The van der Waals surface area contributed by atoms with Gasteiger partial charge in [-0.3, -0.25) is 4.90 Å². The number of aliphatic imine (C=N–C) groups is 2. The summed E-state index contributed by atoms with van der Waals surface area (Å²) in [5.41, 5.74) is 1.61. The van der Waals surface area contributed by atoms with Gasteiger partial charge in [0, 0.05) is 0 Å². The van der Waals surface area contributed by atoms with E-state index in [1.807, 2.05) is 0 Å². The molecule has 5 rings (SSSR count). The number of anilines is 1. The van der Waals surface area contributed by atoms with E-state index >= 15 is 0 Å². The van der Waals surface area contributed by atoms with Gasteiger partial charge in [0.25, 0.3) is 10.0 Å². The molecule has 1 aliphatic heterocycles. The molecule has 0 N–H and O–H groups in total. The van der Waals surface area contributed by atoms with Crippen LogP contribution in [0.4, 0.5) is 17.1 Å². The summed E-state index contributed by atoms with van der Waals surface area (Å²) in [5.74, 6) is 2.18. The molecule has 0 atom stereocenters. The molecule has 41 heavy (non-hydrogen) atoms. The van der Waals surface area contributed by atoms with Crippen LogP contribution >= 0.6 is 12.2 Å². The average Bonchev–Trinajstić information content (AvgIpc) is 3.28. The second-order valence-corrected chi connectivity index (χ2v) is 10.8. The van der Waals surface area contributed by atoms with E-state index in [4.69, 9.17) is 36.4 Å². The third-order valence-electron chi connectivity index (χ3n) is 6.20. The second kappa shape index (κ2) is 11.8. The van der Waals surface area contributed by atoms with E-state index in [1.165, 1.54) is 12.1 Å². The zero-order valence-electron chi connectivity index (χ0n) is 22.5. The lowest BCUT2D eigenvalue weighted by Crippen LogP contribution is -2.38. The van der Waals surface area contributed by atoms with E-state index in [-0.39, 0.29) is 21.7 Å². The highest BCUT2D eigenvalue weighted by Crippen LogP contribution is 2.33. The average molecular weight is 587 g/mol. The molecule has 0 saturated carbocycles. The summed E-state index contributed by atoms with van der Waals surface area (Å²) in [7, 11) is 0.522. The molecule has 0 aromatic heterocycles. The van der Waals surface area contributed by atoms with Crippen molar-refractivity contribution in [3.63, 3.8) is 0 Å². The van der Waals surface area contributed by atoms with Gasteiger partial charge in [-0.2, -0.15) is 4.31 Å². The van der Waals surface area contributed by atoms with Gasteiger partial charge < -0.3 is 14.2 Å². The molecule has 1 saturated heterocycles. The van der Waals surface area contributed by atoms with Crippen molar-refractivity contribution in [2.45, 2.75) is 4.90 Å². The zero-order chi connectivity index (χ0) is 29.0. The minimum Gasteiger partial charge on any atom is -0.497 e. The SMILES string of the molecule is COc1ccc(N=C2C(=Nc3ccc(OC)cc3)N(S(=O)(=O)c3ccccc3)C(=S)N2c2ccc(OC)cc2)cc1. The van der Waals surface area contributed by atoms with Crippen LogP contribution in [0.2, 0.25) is 0 Å². The fourth-order valence-electron chi connectivity index (χ4n) is 4.09. The van der Waals surface area contributed by atoms with Gasteiger partial charge in [0.05, 0.1) is 43.3 Å². The molecule has 0 spiro atoms. The molecule has 208 valence electrons. The van der Waals surface area contributed by atoms with Gasteiger partial charge in [-0.05, 0) is 97.1 Å². The number of nitrogens with zero attached hydrogens (tertiary/aromatic N) is 4. The maximum Gasteiger partial charge on any atom is 0.271 e. The Morgan fingerprint density at radius 2 is 1.05 bits per heavy atom. The number of thiocarbonyl (C=S) groups is 1. The number of benzene rings is 4. The Morgan fingerprint density at radius 1 is 0.610 bits per heavy atom. The highest BCUT2D eigenvalue weighted by Gasteiger charge is 2.46. The first kappa shape index (κ1) is 27.8. The number of ether oxygens (including phenoxy) is 3. The Kier molecular flexibility index (Phi) is 7.99. The minimum absolute atomic E-state index is 0.0291. The summed E-state index contributed by atoms with van der Waals surface area (Å²) >= 11 is 5.86. The predicted octanol–water partition coefficient (Wildman–Crippen LogP) is 5.97. The van der Waals surface area contributed by atoms with E-state index in [0.717, 1.165) is 4.31 Å². The normalized spacial score (nSPS) is 15.4. The Labute approximate surface area is 244 Å². The molecule has 4 aromatic rings. The number of methoxy groups -OCH3 is 3. The van der Waals surface area contributed by atoms with Crippen molar-refractivity contribution in [3.8, 4) is 17.2 Å². The third kappa shape index (κ3) is 5.63. The van der Waals surface area contributed by atoms with Crippen molar-refractivity contribution in [2.24, 2.45) is 9.98 Å². The van der Waals surface area contributed by atoms with Gasteiger partial charge >= 0.3 is 0 Å². The van der Waals surface area contributed by atoms with Crippen LogP contribution in [0.15, 0.2) is 118 Å². The molecule has 1 aliphatic rings. The minimum atomic E-state index is -4.19. The molecular formula is C30H26N4O5S2. The Bertz CT molecular complexity index is 1710. The molecule has 4 aromatic carbocycles. The van der Waals surface area contributed by atoms with Gasteiger partial charge in [-0.1, -0.05) is 18.2 Å². The van der Waals surface area contributed by atoms with Crippen LogP contribution in [0, 0.1) is 0 Å². The van der Waals surface area contributed by atoms with Crippen LogP contribution in [0.1, 0.15) is 0 Å². The third-order valence-corrected chi connectivity index (χ3v) is 8.37. The van der Waals surface area contributed by atoms with Crippen molar-refractivity contribution in [1.29, 1.82) is 0 Å². The molecule has 1 fully saturated rings. The van der Waals surface area contributed by atoms with Gasteiger partial charge in [0.1, 0.15) is 17.2 Å². The summed E-state index contributed by atoms with van der Waals surface area (Å²) < 4.78 is 45.2. The predicted molar refractivity (Wildman–Crippen MR) is 164 cm³/mol. The lowest BCUT2D eigenvalue weighted by Gasteiger charge is -2.20.